The van der Waals surface area contributed by atoms with Gasteiger partial charge in [-0.25, -0.2) is 0 Å². The van der Waals surface area contributed by atoms with Crippen LogP contribution < -0.4 is 5.32 Å². The van der Waals surface area contributed by atoms with Crippen molar-refractivity contribution in [1.82, 2.24) is 10.2 Å². The summed E-state index contributed by atoms with van der Waals surface area (Å²) in [6, 6.07) is 0.802. The van der Waals surface area contributed by atoms with E-state index < -0.39 is 0 Å². The Morgan fingerprint density at radius 3 is 2.71 bits per heavy atom. The van der Waals surface area contributed by atoms with E-state index >= 15 is 0 Å². The molecule has 0 aromatic rings. The molecule has 0 spiro atoms. The third-order valence-electron chi connectivity index (χ3n) is 3.11. The van der Waals surface area contributed by atoms with Crippen LogP contribution in [-0.4, -0.2) is 37.6 Å². The Hall–Kier alpha value is -0.0800. The normalized spacial score (nSPS) is 22.5. The van der Waals surface area contributed by atoms with Gasteiger partial charge in [-0.1, -0.05) is 13.8 Å². The van der Waals surface area contributed by atoms with Crippen LogP contribution >= 0.6 is 0 Å². The van der Waals surface area contributed by atoms with E-state index in [1.54, 1.807) is 0 Å². The van der Waals surface area contributed by atoms with Crippen LogP contribution in [0.15, 0.2) is 0 Å². The van der Waals surface area contributed by atoms with Gasteiger partial charge < -0.3 is 10.2 Å². The molecule has 0 saturated carbocycles. The summed E-state index contributed by atoms with van der Waals surface area (Å²) in [6.07, 6.45) is 5.42. The zero-order valence-corrected chi connectivity index (χ0v) is 10.1. The van der Waals surface area contributed by atoms with E-state index in [-0.39, 0.29) is 0 Å². The second-order valence-corrected chi connectivity index (χ2v) is 5.07. The van der Waals surface area contributed by atoms with Crippen molar-refractivity contribution in [2.75, 3.05) is 26.7 Å². The molecule has 14 heavy (non-hydrogen) atoms. The molecule has 1 saturated heterocycles. The maximum absolute atomic E-state index is 3.55. The monoisotopic (exact) mass is 198 g/mol. The number of hydrogen-bond acceptors (Lipinski definition) is 2. The van der Waals surface area contributed by atoms with Crippen molar-refractivity contribution in [1.29, 1.82) is 0 Å². The predicted octanol–water partition coefficient (Wildman–Crippen LogP) is 2.11. The molecule has 2 heteroatoms. The maximum Gasteiger partial charge on any atom is 0.00797 e. The molecule has 1 fully saturated rings. The zero-order valence-electron chi connectivity index (χ0n) is 10.1. The molecule has 0 radical (unpaired) electrons. The molecule has 0 amide bonds. The molecule has 0 aromatic carbocycles. The van der Waals surface area contributed by atoms with E-state index in [1.807, 2.05) is 0 Å². The fraction of sp³-hybridized carbons (Fsp3) is 1.00. The minimum atomic E-state index is 0.802. The van der Waals surface area contributed by atoms with E-state index in [4.69, 9.17) is 0 Å². The molecule has 2 nitrogen and oxygen atoms in total. The Labute approximate surface area is 89.1 Å². The van der Waals surface area contributed by atoms with Crippen molar-refractivity contribution in [3.63, 3.8) is 0 Å². The van der Waals surface area contributed by atoms with Crippen LogP contribution in [0.5, 0.6) is 0 Å². The highest BCUT2D eigenvalue weighted by atomic mass is 15.1. The van der Waals surface area contributed by atoms with Crippen LogP contribution in [0.2, 0.25) is 0 Å². The van der Waals surface area contributed by atoms with Crippen molar-refractivity contribution < 1.29 is 0 Å². The highest BCUT2D eigenvalue weighted by Crippen LogP contribution is 2.09. The lowest BCUT2D eigenvalue weighted by molar-refractivity contribution is 0.294. The molecule has 1 heterocycles. The summed E-state index contributed by atoms with van der Waals surface area (Å²) < 4.78 is 0. The Bertz CT molecular complexity index is 139. The first-order chi connectivity index (χ1) is 6.68. The second-order valence-electron chi connectivity index (χ2n) is 5.07. The van der Waals surface area contributed by atoms with Gasteiger partial charge in [0.2, 0.25) is 0 Å². The van der Waals surface area contributed by atoms with Crippen molar-refractivity contribution in [2.24, 2.45) is 5.92 Å². The maximum atomic E-state index is 3.55. The number of hydrogen-bond donors (Lipinski definition) is 1. The van der Waals surface area contributed by atoms with Gasteiger partial charge in [-0.15, -0.1) is 0 Å². The highest BCUT2D eigenvalue weighted by Gasteiger charge is 2.13. The SMILES string of the molecule is CC(C)CCN(C)CCC1CCCN1. The summed E-state index contributed by atoms with van der Waals surface area (Å²) in [5.74, 6) is 0.835. The van der Waals surface area contributed by atoms with Gasteiger partial charge in [0.05, 0.1) is 0 Å². The molecule has 1 aliphatic heterocycles. The Morgan fingerprint density at radius 1 is 1.36 bits per heavy atom. The smallest absolute Gasteiger partial charge is 0.00797 e. The first kappa shape index (κ1) is 12.0. The van der Waals surface area contributed by atoms with Gasteiger partial charge in [-0.3, -0.25) is 0 Å². The number of nitrogens with one attached hydrogen (secondary N) is 1. The largest absolute Gasteiger partial charge is 0.314 e. The van der Waals surface area contributed by atoms with Crippen LogP contribution in [0.4, 0.5) is 0 Å². The lowest BCUT2D eigenvalue weighted by atomic mass is 10.1. The molecule has 84 valence electrons. The molecule has 1 atom stereocenters. The summed E-state index contributed by atoms with van der Waals surface area (Å²) >= 11 is 0. The molecular weight excluding hydrogens is 172 g/mol. The minimum Gasteiger partial charge on any atom is -0.314 e. The van der Waals surface area contributed by atoms with Gasteiger partial charge in [0.15, 0.2) is 0 Å². The Balaban J connectivity index is 1.99. The average molecular weight is 198 g/mol. The molecule has 1 aliphatic rings. The third-order valence-corrected chi connectivity index (χ3v) is 3.11. The van der Waals surface area contributed by atoms with Gasteiger partial charge in [0.1, 0.15) is 0 Å². The van der Waals surface area contributed by atoms with Gasteiger partial charge in [-0.05, 0) is 58.3 Å². The van der Waals surface area contributed by atoms with Gasteiger partial charge >= 0.3 is 0 Å². The first-order valence-corrected chi connectivity index (χ1v) is 6.10. The van der Waals surface area contributed by atoms with Gasteiger partial charge in [-0.2, -0.15) is 0 Å². The topological polar surface area (TPSA) is 15.3 Å². The highest BCUT2D eigenvalue weighted by molar-refractivity contribution is 4.74. The van der Waals surface area contributed by atoms with Crippen molar-refractivity contribution in [3.05, 3.63) is 0 Å². The third kappa shape index (κ3) is 4.97. The molecular formula is C12H26N2. The molecule has 0 aromatic heterocycles. The zero-order chi connectivity index (χ0) is 10.4. The second kappa shape index (κ2) is 6.41. The van der Waals surface area contributed by atoms with Crippen molar-refractivity contribution in [3.8, 4) is 0 Å². The average Bonchev–Trinajstić information content (AvgIpc) is 2.63. The van der Waals surface area contributed by atoms with Gasteiger partial charge in [0.25, 0.3) is 0 Å². The summed E-state index contributed by atoms with van der Waals surface area (Å²) in [7, 11) is 2.25. The summed E-state index contributed by atoms with van der Waals surface area (Å²) in [6.45, 7) is 8.34. The van der Waals surface area contributed by atoms with Crippen LogP contribution in [-0.2, 0) is 0 Å². The minimum absolute atomic E-state index is 0.802. The molecule has 1 N–H and O–H groups in total. The quantitative estimate of drug-likeness (QED) is 0.703. The van der Waals surface area contributed by atoms with Gasteiger partial charge in [0, 0.05) is 6.04 Å². The van der Waals surface area contributed by atoms with E-state index in [9.17, 15) is 0 Å². The van der Waals surface area contributed by atoms with E-state index in [2.05, 4.69) is 31.1 Å². The van der Waals surface area contributed by atoms with Crippen LogP contribution in [0.1, 0.15) is 39.5 Å². The summed E-state index contributed by atoms with van der Waals surface area (Å²) in [5.41, 5.74) is 0. The summed E-state index contributed by atoms with van der Waals surface area (Å²) in [4.78, 5) is 2.47. The fourth-order valence-electron chi connectivity index (χ4n) is 1.97. The standard InChI is InChI=1S/C12H26N2/c1-11(2)6-9-14(3)10-7-12-5-4-8-13-12/h11-13H,4-10H2,1-3H3. The van der Waals surface area contributed by atoms with E-state index in [0.717, 1.165) is 12.0 Å². The molecule has 1 rings (SSSR count). The van der Waals surface area contributed by atoms with E-state index in [1.165, 1.54) is 45.3 Å². The van der Waals surface area contributed by atoms with Crippen LogP contribution in [0, 0.1) is 5.92 Å². The van der Waals surface area contributed by atoms with Crippen molar-refractivity contribution >= 4 is 0 Å². The number of rotatable bonds is 6. The lowest BCUT2D eigenvalue weighted by Gasteiger charge is -2.19. The van der Waals surface area contributed by atoms with E-state index in [0.29, 0.717) is 0 Å². The first-order valence-electron chi connectivity index (χ1n) is 6.10. The number of nitrogens with zero attached hydrogens (tertiary/aromatic N) is 1. The molecule has 0 bridgehead atoms. The lowest BCUT2D eigenvalue weighted by Crippen LogP contribution is -2.29. The van der Waals surface area contributed by atoms with Crippen LogP contribution in [0.25, 0.3) is 0 Å². The van der Waals surface area contributed by atoms with Crippen molar-refractivity contribution in [2.45, 2.75) is 45.6 Å². The predicted molar refractivity (Wildman–Crippen MR) is 62.6 cm³/mol. The summed E-state index contributed by atoms with van der Waals surface area (Å²) in [5, 5.41) is 3.55. The molecule has 0 aliphatic carbocycles. The molecule has 1 unspecified atom stereocenters. The van der Waals surface area contributed by atoms with Crippen LogP contribution in [0.3, 0.4) is 0 Å². The Morgan fingerprint density at radius 2 is 2.14 bits per heavy atom. The fourth-order valence-corrected chi connectivity index (χ4v) is 1.97. The Kier molecular flexibility index (Phi) is 5.49.